The molecule has 0 fully saturated rings. The van der Waals surface area contributed by atoms with Gasteiger partial charge in [0.05, 0.1) is 6.21 Å². The van der Waals surface area contributed by atoms with Crippen LogP contribution in [-0.2, 0) is 0 Å². The highest BCUT2D eigenvalue weighted by molar-refractivity contribution is 6.29. The number of halogens is 1. The van der Waals surface area contributed by atoms with Crippen molar-refractivity contribution in [3.05, 3.63) is 83.5 Å². The average Bonchev–Trinajstić information content (AvgIpc) is 2.70. The smallest absolute Gasteiger partial charge is 0.163 e. The maximum Gasteiger partial charge on any atom is 0.163 e. The molecule has 4 rings (SSSR count). The molecule has 1 heterocycles. The van der Waals surface area contributed by atoms with Gasteiger partial charge in [0.1, 0.15) is 10.9 Å². The van der Waals surface area contributed by atoms with Crippen LogP contribution in [0.1, 0.15) is 5.56 Å². The number of hydrogen-bond acceptors (Lipinski definition) is 5. The van der Waals surface area contributed by atoms with Gasteiger partial charge < -0.3 is 5.11 Å². The van der Waals surface area contributed by atoms with Crippen LogP contribution < -0.4 is 5.43 Å². The van der Waals surface area contributed by atoms with Crippen LogP contribution in [0.5, 0.6) is 5.75 Å². The minimum absolute atomic E-state index is 0.157. The number of anilines is 1. The van der Waals surface area contributed by atoms with Gasteiger partial charge in [0, 0.05) is 17.2 Å². The van der Waals surface area contributed by atoms with Crippen molar-refractivity contribution in [2.45, 2.75) is 0 Å². The molecule has 6 heteroatoms. The maximum atomic E-state index is 10.2. The fraction of sp³-hybridized carbons (Fsp3) is 0. The lowest BCUT2D eigenvalue weighted by molar-refractivity contribution is 0.475. The van der Waals surface area contributed by atoms with Crippen molar-refractivity contribution in [1.82, 2.24) is 9.97 Å². The van der Waals surface area contributed by atoms with Crippen LogP contribution in [0.2, 0.25) is 5.15 Å². The topological polar surface area (TPSA) is 70.4 Å². The van der Waals surface area contributed by atoms with Gasteiger partial charge >= 0.3 is 0 Å². The van der Waals surface area contributed by atoms with E-state index in [0.717, 1.165) is 16.3 Å². The summed E-state index contributed by atoms with van der Waals surface area (Å²) >= 11 is 6.12. The second-order valence-corrected chi connectivity index (χ2v) is 6.24. The molecular formula is C21H15ClN4O. The molecule has 132 valence electrons. The number of nitrogens with zero attached hydrogens (tertiary/aromatic N) is 3. The number of phenols is 1. The third kappa shape index (κ3) is 3.73. The molecule has 2 N–H and O–H groups in total. The predicted octanol–water partition coefficient (Wildman–Crippen LogP) is 5.10. The largest absolute Gasteiger partial charge is 0.507 e. The van der Waals surface area contributed by atoms with Crippen molar-refractivity contribution < 1.29 is 5.11 Å². The zero-order valence-corrected chi connectivity index (χ0v) is 14.9. The lowest BCUT2D eigenvalue weighted by Gasteiger charge is -2.06. The van der Waals surface area contributed by atoms with E-state index < -0.39 is 0 Å². The quantitative estimate of drug-likeness (QED) is 0.296. The summed E-state index contributed by atoms with van der Waals surface area (Å²) in [6.45, 7) is 0. The summed E-state index contributed by atoms with van der Waals surface area (Å²) < 4.78 is 0. The van der Waals surface area contributed by atoms with Crippen molar-refractivity contribution in [2.24, 2.45) is 5.10 Å². The van der Waals surface area contributed by atoms with Crippen LogP contribution in [-0.4, -0.2) is 21.3 Å². The molecule has 27 heavy (non-hydrogen) atoms. The van der Waals surface area contributed by atoms with E-state index in [1.807, 2.05) is 60.7 Å². The molecule has 1 aromatic heterocycles. The van der Waals surface area contributed by atoms with Crippen molar-refractivity contribution >= 4 is 34.4 Å². The van der Waals surface area contributed by atoms with Crippen LogP contribution in [0.15, 0.2) is 77.9 Å². The summed E-state index contributed by atoms with van der Waals surface area (Å²) in [5.74, 6) is 1.13. The highest BCUT2D eigenvalue weighted by atomic mass is 35.5. The Morgan fingerprint density at radius 1 is 0.926 bits per heavy atom. The van der Waals surface area contributed by atoms with Crippen molar-refractivity contribution in [2.75, 3.05) is 5.43 Å². The van der Waals surface area contributed by atoms with Gasteiger partial charge in [-0.3, -0.25) is 5.43 Å². The van der Waals surface area contributed by atoms with Gasteiger partial charge in [0.2, 0.25) is 0 Å². The second-order valence-electron chi connectivity index (χ2n) is 5.86. The standard InChI is InChI=1S/C21H15ClN4O/c22-19-12-20(25-21(24-19)15-7-2-1-3-8-15)26-23-13-17-16-9-5-4-6-14(16)10-11-18(17)27/h1-13,27H,(H,24,25,26)/b23-13-. The normalized spacial score (nSPS) is 11.1. The van der Waals surface area contributed by atoms with Crippen molar-refractivity contribution in [3.8, 4) is 17.1 Å². The van der Waals surface area contributed by atoms with Gasteiger partial charge in [-0.05, 0) is 16.8 Å². The lowest BCUT2D eigenvalue weighted by Crippen LogP contribution is -1.98. The number of rotatable bonds is 4. The molecule has 4 aromatic rings. The predicted molar refractivity (Wildman–Crippen MR) is 109 cm³/mol. The Balaban J connectivity index is 1.63. The van der Waals surface area contributed by atoms with Crippen LogP contribution in [0, 0.1) is 0 Å². The molecule has 0 saturated heterocycles. The van der Waals surface area contributed by atoms with Gasteiger partial charge in [0.25, 0.3) is 0 Å². The molecule has 0 atom stereocenters. The van der Waals surface area contributed by atoms with Gasteiger partial charge in [-0.2, -0.15) is 5.10 Å². The Bertz CT molecular complexity index is 1130. The monoisotopic (exact) mass is 374 g/mol. The van der Waals surface area contributed by atoms with Crippen LogP contribution >= 0.6 is 11.6 Å². The summed E-state index contributed by atoms with van der Waals surface area (Å²) in [5, 5.41) is 16.6. The Kier molecular flexibility index (Phi) is 4.68. The number of fused-ring (bicyclic) bond motifs is 1. The van der Waals surface area contributed by atoms with E-state index in [9.17, 15) is 5.11 Å². The SMILES string of the molecule is Oc1ccc2ccccc2c1/C=N\Nc1cc(Cl)nc(-c2ccccc2)n1. The molecule has 0 aliphatic carbocycles. The number of nitrogens with one attached hydrogen (secondary N) is 1. The zero-order chi connectivity index (χ0) is 18.6. The fourth-order valence-corrected chi connectivity index (χ4v) is 2.96. The van der Waals surface area contributed by atoms with Gasteiger partial charge in [0.15, 0.2) is 11.6 Å². The highest BCUT2D eigenvalue weighted by Gasteiger charge is 2.06. The Morgan fingerprint density at radius 3 is 2.56 bits per heavy atom. The molecule has 3 aromatic carbocycles. The first-order chi connectivity index (χ1) is 13.2. The molecule has 0 aliphatic heterocycles. The number of aromatic hydroxyl groups is 1. The molecule has 0 radical (unpaired) electrons. The molecule has 5 nitrogen and oxygen atoms in total. The molecule has 0 amide bonds. The van der Waals surface area contributed by atoms with Crippen molar-refractivity contribution in [1.29, 1.82) is 0 Å². The number of phenolic OH excluding ortho intramolecular Hbond substituents is 1. The Morgan fingerprint density at radius 2 is 1.70 bits per heavy atom. The summed E-state index contributed by atoms with van der Waals surface area (Å²) in [6.07, 6.45) is 1.57. The van der Waals surface area contributed by atoms with Crippen LogP contribution in [0.3, 0.4) is 0 Å². The van der Waals surface area contributed by atoms with E-state index in [4.69, 9.17) is 11.6 Å². The molecule has 0 spiro atoms. The van der Waals surface area contributed by atoms with Crippen LogP contribution in [0.4, 0.5) is 5.82 Å². The summed E-state index contributed by atoms with van der Waals surface area (Å²) in [6, 6.07) is 22.5. The molecule has 0 bridgehead atoms. The number of hydrazone groups is 1. The number of aromatic nitrogens is 2. The third-order valence-corrected chi connectivity index (χ3v) is 4.24. The van der Waals surface area contributed by atoms with E-state index >= 15 is 0 Å². The summed E-state index contributed by atoms with van der Waals surface area (Å²) in [7, 11) is 0. The number of benzene rings is 3. The van der Waals surface area contributed by atoms with E-state index in [0.29, 0.717) is 22.4 Å². The minimum atomic E-state index is 0.157. The van der Waals surface area contributed by atoms with E-state index in [-0.39, 0.29) is 5.75 Å². The highest BCUT2D eigenvalue weighted by Crippen LogP contribution is 2.25. The average molecular weight is 375 g/mol. The van der Waals surface area contributed by atoms with E-state index in [2.05, 4.69) is 20.5 Å². The second kappa shape index (κ2) is 7.43. The molecular weight excluding hydrogens is 360 g/mol. The first kappa shape index (κ1) is 17.0. The first-order valence-corrected chi connectivity index (χ1v) is 8.68. The van der Waals surface area contributed by atoms with Crippen LogP contribution in [0.25, 0.3) is 22.2 Å². The maximum absolute atomic E-state index is 10.2. The van der Waals surface area contributed by atoms with E-state index in [1.54, 1.807) is 18.3 Å². The Labute approximate surface area is 161 Å². The minimum Gasteiger partial charge on any atom is -0.507 e. The van der Waals surface area contributed by atoms with Crippen molar-refractivity contribution in [3.63, 3.8) is 0 Å². The van der Waals surface area contributed by atoms with Gasteiger partial charge in [-0.1, -0.05) is 72.3 Å². The fourth-order valence-electron chi connectivity index (χ4n) is 2.77. The first-order valence-electron chi connectivity index (χ1n) is 8.30. The summed E-state index contributed by atoms with van der Waals surface area (Å²) in [5.41, 5.74) is 4.35. The molecule has 0 saturated carbocycles. The number of hydrogen-bond donors (Lipinski definition) is 2. The lowest BCUT2D eigenvalue weighted by atomic mass is 10.0. The third-order valence-electron chi connectivity index (χ3n) is 4.05. The van der Waals surface area contributed by atoms with Gasteiger partial charge in [-0.15, -0.1) is 0 Å². The zero-order valence-electron chi connectivity index (χ0n) is 14.2. The Hall–Kier alpha value is -3.44. The molecule has 0 aliphatic rings. The van der Waals surface area contributed by atoms with E-state index in [1.165, 1.54) is 0 Å². The van der Waals surface area contributed by atoms with Gasteiger partial charge in [-0.25, -0.2) is 9.97 Å². The summed E-state index contributed by atoms with van der Waals surface area (Å²) in [4.78, 5) is 8.68. The molecule has 0 unspecified atom stereocenters.